The molecule has 1 saturated heterocycles. The molecule has 7 heteroatoms. The van der Waals surface area contributed by atoms with Crippen molar-refractivity contribution >= 4 is 17.6 Å². The molecule has 7 nitrogen and oxygen atoms in total. The average Bonchev–Trinajstić information content (AvgIpc) is 2.73. The number of aromatic nitrogens is 1. The maximum absolute atomic E-state index is 12.6. The predicted molar refractivity (Wildman–Crippen MR) is 107 cm³/mol. The van der Waals surface area contributed by atoms with E-state index in [9.17, 15) is 9.59 Å². The van der Waals surface area contributed by atoms with Gasteiger partial charge in [-0.05, 0) is 62.4 Å². The molecule has 2 heterocycles. The summed E-state index contributed by atoms with van der Waals surface area (Å²) < 4.78 is 5.55. The molecular weight excluding hydrogens is 356 g/mol. The number of rotatable bonds is 5. The van der Waals surface area contributed by atoms with Crippen LogP contribution in [0.3, 0.4) is 0 Å². The van der Waals surface area contributed by atoms with Gasteiger partial charge in [0.1, 0.15) is 11.6 Å². The van der Waals surface area contributed by atoms with Crippen LogP contribution in [-0.2, 0) is 4.79 Å². The maximum Gasteiger partial charge on any atom is 0.276 e. The summed E-state index contributed by atoms with van der Waals surface area (Å²) in [6, 6.07) is 9.23. The fraction of sp³-hybridized carbons (Fsp3) is 0.381. The van der Waals surface area contributed by atoms with Gasteiger partial charge in [-0.15, -0.1) is 0 Å². The molecule has 0 saturated carbocycles. The number of amides is 2. The summed E-state index contributed by atoms with van der Waals surface area (Å²) in [6.07, 6.45) is 5.05. The zero-order valence-electron chi connectivity index (χ0n) is 16.3. The normalized spacial score (nSPS) is 13.7. The smallest absolute Gasteiger partial charge is 0.276 e. The van der Waals surface area contributed by atoms with Crippen LogP contribution in [-0.4, -0.2) is 36.5 Å². The third-order valence-corrected chi connectivity index (χ3v) is 4.70. The van der Waals surface area contributed by atoms with Crippen molar-refractivity contribution in [2.24, 2.45) is 0 Å². The van der Waals surface area contributed by atoms with Crippen molar-refractivity contribution in [1.29, 1.82) is 0 Å². The molecule has 1 aliphatic heterocycles. The third kappa shape index (κ3) is 5.00. The van der Waals surface area contributed by atoms with E-state index < -0.39 is 11.8 Å². The van der Waals surface area contributed by atoms with E-state index in [0.29, 0.717) is 17.1 Å². The highest BCUT2D eigenvalue weighted by Crippen LogP contribution is 2.21. The average molecular weight is 382 g/mol. The lowest BCUT2D eigenvalue weighted by Crippen LogP contribution is -2.44. The molecule has 0 radical (unpaired) electrons. The van der Waals surface area contributed by atoms with Crippen LogP contribution >= 0.6 is 0 Å². The van der Waals surface area contributed by atoms with E-state index in [1.165, 1.54) is 6.42 Å². The Morgan fingerprint density at radius 1 is 1.11 bits per heavy atom. The molecule has 2 N–H and O–H groups in total. The van der Waals surface area contributed by atoms with Gasteiger partial charge >= 0.3 is 0 Å². The van der Waals surface area contributed by atoms with Gasteiger partial charge in [0.15, 0.2) is 6.61 Å². The van der Waals surface area contributed by atoms with E-state index in [4.69, 9.17) is 4.74 Å². The monoisotopic (exact) mass is 382 g/mol. The lowest BCUT2D eigenvalue weighted by Gasteiger charge is -2.29. The van der Waals surface area contributed by atoms with E-state index in [-0.39, 0.29) is 6.61 Å². The summed E-state index contributed by atoms with van der Waals surface area (Å²) in [4.78, 5) is 31.1. The summed E-state index contributed by atoms with van der Waals surface area (Å²) in [5.41, 5.74) is 7.31. The summed E-state index contributed by atoms with van der Waals surface area (Å²) in [5, 5.41) is 0. The Morgan fingerprint density at radius 2 is 1.89 bits per heavy atom. The molecule has 1 fully saturated rings. The number of benzene rings is 1. The lowest BCUT2D eigenvalue weighted by molar-refractivity contribution is -0.123. The zero-order valence-corrected chi connectivity index (χ0v) is 16.3. The first-order valence-corrected chi connectivity index (χ1v) is 9.54. The number of anilines is 1. The minimum atomic E-state index is -0.433. The molecule has 28 heavy (non-hydrogen) atoms. The number of carbonyl (C=O) groups excluding carboxylic acids is 2. The first-order chi connectivity index (χ1) is 13.5. The number of ether oxygens (including phenoxy) is 1. The number of nitrogens with zero attached hydrogens (tertiary/aromatic N) is 2. The number of nitrogens with one attached hydrogen (secondary N) is 2. The van der Waals surface area contributed by atoms with Crippen LogP contribution in [0, 0.1) is 13.8 Å². The van der Waals surface area contributed by atoms with E-state index in [2.05, 4.69) is 20.7 Å². The molecule has 0 aliphatic carbocycles. The molecule has 2 aromatic rings. The second-order valence-electron chi connectivity index (χ2n) is 6.98. The Morgan fingerprint density at radius 3 is 2.68 bits per heavy atom. The van der Waals surface area contributed by atoms with Crippen LogP contribution < -0.4 is 20.5 Å². The number of hydrogen-bond acceptors (Lipinski definition) is 5. The standard InChI is InChI=1S/C21H26N4O3/c1-15-8-9-16(2)18(13-15)28-14-19(26)23-24-21(27)17-7-6-10-22-20(17)25-11-4-3-5-12-25/h6-10,13H,3-5,11-12,14H2,1-2H3,(H,23,26)(H,24,27). The van der Waals surface area contributed by atoms with Gasteiger partial charge in [-0.25, -0.2) is 4.98 Å². The highest BCUT2D eigenvalue weighted by molar-refractivity contribution is 5.99. The first-order valence-electron chi connectivity index (χ1n) is 9.54. The quantitative estimate of drug-likeness (QED) is 0.777. The molecule has 148 valence electrons. The predicted octanol–water partition coefficient (Wildman–Crippen LogP) is 2.53. The van der Waals surface area contributed by atoms with E-state index >= 15 is 0 Å². The van der Waals surface area contributed by atoms with Gasteiger partial charge < -0.3 is 9.64 Å². The Hall–Kier alpha value is -3.09. The minimum absolute atomic E-state index is 0.184. The second-order valence-corrected chi connectivity index (χ2v) is 6.98. The third-order valence-electron chi connectivity index (χ3n) is 4.70. The van der Waals surface area contributed by atoms with Crippen molar-refractivity contribution in [3.05, 3.63) is 53.2 Å². The van der Waals surface area contributed by atoms with Gasteiger partial charge in [0.25, 0.3) is 11.8 Å². The van der Waals surface area contributed by atoms with Crippen molar-refractivity contribution in [3.8, 4) is 5.75 Å². The van der Waals surface area contributed by atoms with Gasteiger partial charge in [-0.2, -0.15) is 0 Å². The Labute approximate surface area is 165 Å². The number of piperidine rings is 1. The molecule has 0 atom stereocenters. The van der Waals surface area contributed by atoms with Crippen LogP contribution in [0.25, 0.3) is 0 Å². The fourth-order valence-electron chi connectivity index (χ4n) is 3.17. The highest BCUT2D eigenvalue weighted by Gasteiger charge is 2.20. The number of carbonyl (C=O) groups is 2. The highest BCUT2D eigenvalue weighted by atomic mass is 16.5. The Kier molecular flexibility index (Phi) is 6.47. The molecule has 1 aromatic carbocycles. The second kappa shape index (κ2) is 9.21. The van der Waals surface area contributed by atoms with Crippen molar-refractivity contribution < 1.29 is 14.3 Å². The molecule has 2 amide bonds. The molecule has 1 aromatic heterocycles. The van der Waals surface area contributed by atoms with Gasteiger partial charge in [0.05, 0.1) is 5.56 Å². The maximum atomic E-state index is 12.6. The number of hydrogen-bond donors (Lipinski definition) is 2. The first kappa shape index (κ1) is 19.7. The zero-order chi connectivity index (χ0) is 19.9. The van der Waals surface area contributed by atoms with Crippen molar-refractivity contribution in [3.63, 3.8) is 0 Å². The fourth-order valence-corrected chi connectivity index (χ4v) is 3.17. The Bertz CT molecular complexity index is 847. The van der Waals surface area contributed by atoms with E-state index in [0.717, 1.165) is 37.1 Å². The largest absolute Gasteiger partial charge is 0.483 e. The Balaban J connectivity index is 1.55. The SMILES string of the molecule is Cc1ccc(C)c(OCC(=O)NNC(=O)c2cccnc2N2CCCCC2)c1. The van der Waals surface area contributed by atoms with Crippen molar-refractivity contribution in [2.45, 2.75) is 33.1 Å². The molecule has 3 rings (SSSR count). The lowest BCUT2D eigenvalue weighted by atomic mass is 10.1. The minimum Gasteiger partial charge on any atom is -0.483 e. The van der Waals surface area contributed by atoms with E-state index in [1.54, 1.807) is 18.3 Å². The number of pyridine rings is 1. The van der Waals surface area contributed by atoms with Crippen LogP contribution in [0.15, 0.2) is 36.5 Å². The van der Waals surface area contributed by atoms with Crippen LogP contribution in [0.5, 0.6) is 5.75 Å². The van der Waals surface area contributed by atoms with Gasteiger partial charge in [-0.1, -0.05) is 12.1 Å². The van der Waals surface area contributed by atoms with E-state index in [1.807, 2.05) is 32.0 Å². The van der Waals surface area contributed by atoms with Crippen molar-refractivity contribution in [1.82, 2.24) is 15.8 Å². The summed E-state index contributed by atoms with van der Waals surface area (Å²) in [6.45, 7) is 5.46. The number of aryl methyl sites for hydroxylation is 2. The molecule has 0 spiro atoms. The molecule has 0 bridgehead atoms. The molecule has 1 aliphatic rings. The summed E-state index contributed by atoms with van der Waals surface area (Å²) >= 11 is 0. The summed E-state index contributed by atoms with van der Waals surface area (Å²) in [5.74, 6) is 0.480. The number of hydrazine groups is 1. The molecule has 0 unspecified atom stereocenters. The topological polar surface area (TPSA) is 83.6 Å². The molecular formula is C21H26N4O3. The summed E-state index contributed by atoms with van der Waals surface area (Å²) in [7, 11) is 0. The van der Waals surface area contributed by atoms with Crippen molar-refractivity contribution in [2.75, 3.05) is 24.6 Å². The van der Waals surface area contributed by atoms with Gasteiger partial charge in [0, 0.05) is 19.3 Å². The van der Waals surface area contributed by atoms with Crippen LogP contribution in [0.2, 0.25) is 0 Å². The van der Waals surface area contributed by atoms with Gasteiger partial charge in [0.2, 0.25) is 0 Å². The van der Waals surface area contributed by atoms with Crippen LogP contribution in [0.1, 0.15) is 40.7 Å². The van der Waals surface area contributed by atoms with Crippen LogP contribution in [0.4, 0.5) is 5.82 Å². The van der Waals surface area contributed by atoms with Gasteiger partial charge in [-0.3, -0.25) is 20.4 Å².